The van der Waals surface area contributed by atoms with Crippen LogP contribution in [0.2, 0.25) is 5.02 Å². The lowest BCUT2D eigenvalue weighted by molar-refractivity contribution is -0.137. The van der Waals surface area contributed by atoms with Gasteiger partial charge in [0, 0.05) is 15.8 Å². The molecule has 1 aliphatic heterocycles. The fourth-order valence-electron chi connectivity index (χ4n) is 1.31. The maximum absolute atomic E-state index is 10.8. The van der Waals surface area contributed by atoms with Crippen LogP contribution in [0.25, 0.3) is 0 Å². The van der Waals surface area contributed by atoms with Crippen LogP contribution in [0.4, 0.5) is 0 Å². The van der Waals surface area contributed by atoms with E-state index in [9.17, 15) is 4.79 Å². The summed E-state index contributed by atoms with van der Waals surface area (Å²) in [5, 5.41) is 10.1. The fourth-order valence-corrected chi connectivity index (χ4v) is 2.99. The fraction of sp³-hybridized carbons (Fsp3) is 0.200. The van der Waals surface area contributed by atoms with Gasteiger partial charge in [0.2, 0.25) is 0 Å². The van der Waals surface area contributed by atoms with Crippen LogP contribution in [0.3, 0.4) is 0 Å². The number of hydrogen-bond donors (Lipinski definition) is 1. The van der Waals surface area contributed by atoms with E-state index in [0.29, 0.717) is 15.8 Å². The molecule has 16 heavy (non-hydrogen) atoms. The van der Waals surface area contributed by atoms with Gasteiger partial charge in [-0.15, -0.1) is 11.8 Å². The molecule has 1 aliphatic rings. The molecule has 0 aliphatic carbocycles. The van der Waals surface area contributed by atoms with Crippen LogP contribution in [0.15, 0.2) is 27.7 Å². The topological polar surface area (TPSA) is 49.7 Å². The van der Waals surface area contributed by atoms with Crippen LogP contribution in [0.1, 0.15) is 5.56 Å². The number of carboxylic acid groups (broad SMARTS) is 1. The van der Waals surface area contributed by atoms with E-state index in [1.54, 1.807) is 6.07 Å². The number of aliphatic imine (C=N–C) groups is 1. The molecule has 2 rings (SSSR count). The lowest BCUT2D eigenvalue weighted by Gasteiger charge is -2.03. The van der Waals surface area contributed by atoms with Gasteiger partial charge in [0.05, 0.1) is 5.02 Å². The Hall–Kier alpha value is -0.520. The Morgan fingerprint density at radius 1 is 1.62 bits per heavy atom. The molecule has 0 bridgehead atoms. The molecule has 0 spiro atoms. The molecular weight excluding hydrogens is 314 g/mol. The summed E-state index contributed by atoms with van der Waals surface area (Å²) in [6.07, 6.45) is 0. The zero-order valence-corrected chi connectivity index (χ0v) is 11.1. The molecule has 1 aromatic carbocycles. The second-order valence-corrected chi connectivity index (χ2v) is 5.56. The Balaban J connectivity index is 2.35. The Kier molecular flexibility index (Phi) is 3.56. The predicted octanol–water partition coefficient (Wildman–Crippen LogP) is 3.05. The number of carboxylic acids is 1. The molecular formula is C10H7BrClNO2S. The second-order valence-electron chi connectivity index (χ2n) is 3.22. The highest BCUT2D eigenvalue weighted by Gasteiger charge is 2.26. The molecule has 0 saturated carbocycles. The van der Waals surface area contributed by atoms with Gasteiger partial charge < -0.3 is 5.11 Å². The average molecular weight is 321 g/mol. The number of hydrogen-bond acceptors (Lipinski definition) is 3. The van der Waals surface area contributed by atoms with E-state index in [1.165, 1.54) is 11.8 Å². The Morgan fingerprint density at radius 3 is 3.00 bits per heavy atom. The highest BCUT2D eigenvalue weighted by atomic mass is 79.9. The van der Waals surface area contributed by atoms with Crippen LogP contribution < -0.4 is 0 Å². The molecule has 1 aromatic rings. The minimum Gasteiger partial charge on any atom is -0.480 e. The van der Waals surface area contributed by atoms with Crippen LogP contribution in [0.5, 0.6) is 0 Å². The van der Waals surface area contributed by atoms with Crippen molar-refractivity contribution in [2.75, 3.05) is 5.75 Å². The summed E-state index contributed by atoms with van der Waals surface area (Å²) < 4.78 is 0.897. The minimum absolute atomic E-state index is 0.466. The Labute approximate surface area is 110 Å². The number of nitrogens with zero attached hydrogens (tertiary/aromatic N) is 1. The zero-order valence-electron chi connectivity index (χ0n) is 7.98. The Morgan fingerprint density at radius 2 is 2.38 bits per heavy atom. The monoisotopic (exact) mass is 319 g/mol. The lowest BCUT2D eigenvalue weighted by atomic mass is 10.2. The molecule has 3 nitrogen and oxygen atoms in total. The molecule has 0 fully saturated rings. The van der Waals surface area contributed by atoms with Crippen LogP contribution in [-0.2, 0) is 4.79 Å². The standard InChI is InChI=1S/C10H7BrClNO2S/c11-5-1-2-7(12)6(3-5)9-13-8(4-16-9)10(14)15/h1-3,8H,4H2,(H,14,15). The average Bonchev–Trinajstić information content (AvgIpc) is 2.70. The summed E-state index contributed by atoms with van der Waals surface area (Å²) >= 11 is 10.8. The van der Waals surface area contributed by atoms with Gasteiger partial charge in [-0.2, -0.15) is 0 Å². The van der Waals surface area contributed by atoms with E-state index in [0.717, 1.165) is 10.0 Å². The van der Waals surface area contributed by atoms with Crippen LogP contribution >= 0.6 is 39.3 Å². The minimum atomic E-state index is -0.895. The quantitative estimate of drug-likeness (QED) is 0.911. The maximum atomic E-state index is 10.8. The van der Waals surface area contributed by atoms with E-state index < -0.39 is 12.0 Å². The summed E-state index contributed by atoms with van der Waals surface area (Å²) in [7, 11) is 0. The van der Waals surface area contributed by atoms with E-state index in [2.05, 4.69) is 20.9 Å². The van der Waals surface area contributed by atoms with Crippen molar-refractivity contribution in [3.8, 4) is 0 Å². The van der Waals surface area contributed by atoms with E-state index in [1.807, 2.05) is 12.1 Å². The number of benzene rings is 1. The van der Waals surface area contributed by atoms with Crippen molar-refractivity contribution in [3.63, 3.8) is 0 Å². The van der Waals surface area contributed by atoms with Gasteiger partial charge in [-0.3, -0.25) is 4.99 Å². The lowest BCUT2D eigenvalue weighted by Crippen LogP contribution is -2.17. The van der Waals surface area contributed by atoms with E-state index in [-0.39, 0.29) is 0 Å². The summed E-state index contributed by atoms with van der Waals surface area (Å²) in [5.74, 6) is -0.429. The van der Waals surface area contributed by atoms with Crippen LogP contribution in [-0.4, -0.2) is 27.9 Å². The number of halogens is 2. The van der Waals surface area contributed by atoms with Gasteiger partial charge >= 0.3 is 5.97 Å². The molecule has 0 aromatic heterocycles. The van der Waals surface area contributed by atoms with Crippen molar-refractivity contribution in [1.29, 1.82) is 0 Å². The molecule has 6 heteroatoms. The first-order valence-electron chi connectivity index (χ1n) is 4.47. The number of aliphatic carboxylic acids is 1. The third-order valence-electron chi connectivity index (χ3n) is 2.09. The molecule has 1 unspecified atom stereocenters. The second kappa shape index (κ2) is 4.77. The molecule has 1 heterocycles. The van der Waals surface area contributed by atoms with Crippen molar-refractivity contribution in [2.24, 2.45) is 4.99 Å². The molecule has 84 valence electrons. The Bertz CT molecular complexity index is 478. The summed E-state index contributed by atoms with van der Waals surface area (Å²) in [6, 6.07) is 4.78. The summed E-state index contributed by atoms with van der Waals surface area (Å²) in [4.78, 5) is 14.9. The van der Waals surface area contributed by atoms with Crippen molar-refractivity contribution in [1.82, 2.24) is 0 Å². The van der Waals surface area contributed by atoms with Crippen molar-refractivity contribution in [3.05, 3.63) is 33.3 Å². The largest absolute Gasteiger partial charge is 0.480 e. The van der Waals surface area contributed by atoms with Gasteiger partial charge in [0.15, 0.2) is 6.04 Å². The molecule has 0 saturated heterocycles. The molecule has 0 radical (unpaired) electrons. The highest BCUT2D eigenvalue weighted by molar-refractivity contribution is 9.10. The van der Waals surface area contributed by atoms with E-state index >= 15 is 0 Å². The first kappa shape index (κ1) is 12.0. The highest BCUT2D eigenvalue weighted by Crippen LogP contribution is 2.29. The molecule has 0 amide bonds. The zero-order chi connectivity index (χ0) is 11.7. The predicted molar refractivity (Wildman–Crippen MR) is 69.6 cm³/mol. The van der Waals surface area contributed by atoms with E-state index in [4.69, 9.17) is 16.7 Å². The van der Waals surface area contributed by atoms with Gasteiger partial charge in [-0.1, -0.05) is 27.5 Å². The van der Waals surface area contributed by atoms with Crippen molar-refractivity contribution < 1.29 is 9.90 Å². The third-order valence-corrected chi connectivity index (χ3v) is 4.00. The molecule has 1 N–H and O–H groups in total. The maximum Gasteiger partial charge on any atom is 0.329 e. The van der Waals surface area contributed by atoms with Gasteiger partial charge in [0.25, 0.3) is 0 Å². The number of thioether (sulfide) groups is 1. The normalized spacial score (nSPS) is 19.6. The first-order chi connectivity index (χ1) is 7.58. The third kappa shape index (κ3) is 2.42. The van der Waals surface area contributed by atoms with Gasteiger partial charge in [-0.25, -0.2) is 4.79 Å². The van der Waals surface area contributed by atoms with Gasteiger partial charge in [-0.05, 0) is 18.2 Å². The van der Waals surface area contributed by atoms with Crippen LogP contribution in [0, 0.1) is 0 Å². The molecule has 1 atom stereocenters. The number of carbonyl (C=O) groups is 1. The van der Waals surface area contributed by atoms with Gasteiger partial charge in [0.1, 0.15) is 5.04 Å². The van der Waals surface area contributed by atoms with Crippen molar-refractivity contribution in [2.45, 2.75) is 6.04 Å². The van der Waals surface area contributed by atoms with Crippen molar-refractivity contribution >= 4 is 50.3 Å². The SMILES string of the molecule is O=C(O)C1CSC(c2cc(Br)ccc2Cl)=N1. The first-order valence-corrected chi connectivity index (χ1v) is 6.62. The number of rotatable bonds is 2. The smallest absolute Gasteiger partial charge is 0.329 e. The summed E-state index contributed by atoms with van der Waals surface area (Å²) in [5.41, 5.74) is 0.782. The summed E-state index contributed by atoms with van der Waals surface area (Å²) in [6.45, 7) is 0.